The molecule has 1 aromatic rings. The number of anilines is 1. The van der Waals surface area contributed by atoms with Crippen LogP contribution in [0.25, 0.3) is 0 Å². The van der Waals surface area contributed by atoms with E-state index in [1.807, 2.05) is 13.8 Å². The number of hydrogen-bond acceptors (Lipinski definition) is 3. The van der Waals surface area contributed by atoms with Crippen LogP contribution in [-0.2, 0) is 6.54 Å². The van der Waals surface area contributed by atoms with Crippen molar-refractivity contribution in [2.45, 2.75) is 26.4 Å². The van der Waals surface area contributed by atoms with Gasteiger partial charge in [-0.3, -0.25) is 0 Å². The second kappa shape index (κ2) is 4.79. The summed E-state index contributed by atoms with van der Waals surface area (Å²) < 4.78 is 0. The number of carboxylic acids is 1. The Labute approximate surface area is 89.1 Å². The van der Waals surface area contributed by atoms with Crippen LogP contribution in [0.3, 0.4) is 0 Å². The molecule has 0 aliphatic heterocycles. The van der Waals surface area contributed by atoms with Gasteiger partial charge in [-0.1, -0.05) is 19.9 Å². The Morgan fingerprint density at radius 3 is 2.67 bits per heavy atom. The van der Waals surface area contributed by atoms with Crippen molar-refractivity contribution in [2.24, 2.45) is 0 Å². The summed E-state index contributed by atoms with van der Waals surface area (Å²) in [4.78, 5) is 10.7. The Bertz CT molecular complexity index is 362. The predicted molar refractivity (Wildman–Crippen MR) is 59.8 cm³/mol. The summed E-state index contributed by atoms with van der Waals surface area (Å²) in [7, 11) is 0. The number of aromatic carboxylic acids is 1. The molecule has 0 aliphatic carbocycles. The first kappa shape index (κ1) is 11.5. The molecule has 0 radical (unpaired) electrons. The molecule has 0 atom stereocenters. The number of carbonyl (C=O) groups is 1. The molecule has 0 saturated carbocycles. The van der Waals surface area contributed by atoms with E-state index in [2.05, 4.69) is 5.32 Å². The van der Waals surface area contributed by atoms with Gasteiger partial charge in [0.25, 0.3) is 0 Å². The highest BCUT2D eigenvalue weighted by atomic mass is 16.4. The SMILES string of the molecule is CC(C)NCc1ccc(C(=O)O)cc1N. The molecule has 0 unspecified atom stereocenters. The van der Waals surface area contributed by atoms with Crippen LogP contribution >= 0.6 is 0 Å². The lowest BCUT2D eigenvalue weighted by Crippen LogP contribution is -2.22. The van der Waals surface area contributed by atoms with Gasteiger partial charge in [0.05, 0.1) is 5.56 Å². The summed E-state index contributed by atoms with van der Waals surface area (Å²) in [5, 5.41) is 12.0. The third kappa shape index (κ3) is 3.25. The molecule has 0 aliphatic rings. The van der Waals surface area contributed by atoms with Crippen molar-refractivity contribution in [2.75, 3.05) is 5.73 Å². The summed E-state index contributed by atoms with van der Waals surface area (Å²) >= 11 is 0. The summed E-state index contributed by atoms with van der Waals surface area (Å²) in [6.07, 6.45) is 0. The van der Waals surface area contributed by atoms with E-state index in [-0.39, 0.29) is 5.56 Å². The number of rotatable bonds is 4. The van der Waals surface area contributed by atoms with Gasteiger partial charge < -0.3 is 16.2 Å². The first-order valence-corrected chi connectivity index (χ1v) is 4.85. The molecule has 0 fully saturated rings. The average molecular weight is 208 g/mol. The number of carboxylic acid groups (broad SMARTS) is 1. The Kier molecular flexibility index (Phi) is 3.68. The number of hydrogen-bond donors (Lipinski definition) is 3. The predicted octanol–water partition coefficient (Wildman–Crippen LogP) is 1.47. The summed E-state index contributed by atoms with van der Waals surface area (Å²) in [6, 6.07) is 5.17. The average Bonchev–Trinajstić information content (AvgIpc) is 2.15. The molecule has 4 heteroatoms. The van der Waals surface area contributed by atoms with Crippen molar-refractivity contribution in [1.82, 2.24) is 5.32 Å². The second-order valence-electron chi connectivity index (χ2n) is 3.75. The van der Waals surface area contributed by atoms with Crippen molar-refractivity contribution in [3.05, 3.63) is 29.3 Å². The van der Waals surface area contributed by atoms with Crippen molar-refractivity contribution in [1.29, 1.82) is 0 Å². The number of nitrogen functional groups attached to an aromatic ring is 1. The van der Waals surface area contributed by atoms with E-state index in [0.717, 1.165) is 5.56 Å². The maximum Gasteiger partial charge on any atom is 0.335 e. The Balaban J connectivity index is 2.79. The van der Waals surface area contributed by atoms with Crippen LogP contribution in [-0.4, -0.2) is 17.1 Å². The fourth-order valence-corrected chi connectivity index (χ4v) is 1.20. The van der Waals surface area contributed by atoms with E-state index >= 15 is 0 Å². The van der Waals surface area contributed by atoms with Gasteiger partial charge in [0.2, 0.25) is 0 Å². The van der Waals surface area contributed by atoms with E-state index in [1.54, 1.807) is 12.1 Å². The van der Waals surface area contributed by atoms with Gasteiger partial charge in [-0.2, -0.15) is 0 Å². The molecule has 15 heavy (non-hydrogen) atoms. The van der Waals surface area contributed by atoms with E-state index in [9.17, 15) is 4.79 Å². The molecule has 82 valence electrons. The largest absolute Gasteiger partial charge is 0.478 e. The molecule has 0 spiro atoms. The zero-order valence-corrected chi connectivity index (χ0v) is 8.95. The highest BCUT2D eigenvalue weighted by Crippen LogP contribution is 2.14. The zero-order valence-electron chi connectivity index (χ0n) is 8.95. The van der Waals surface area contributed by atoms with Gasteiger partial charge >= 0.3 is 5.97 Å². The standard InChI is InChI=1S/C11H16N2O2/c1-7(2)13-6-9-4-3-8(11(14)15)5-10(9)12/h3-5,7,13H,6,12H2,1-2H3,(H,14,15). The van der Waals surface area contributed by atoms with E-state index in [1.165, 1.54) is 6.07 Å². The lowest BCUT2D eigenvalue weighted by atomic mass is 10.1. The zero-order chi connectivity index (χ0) is 11.4. The molecular weight excluding hydrogens is 192 g/mol. The molecular formula is C11H16N2O2. The molecule has 1 rings (SSSR count). The van der Waals surface area contributed by atoms with Crippen molar-refractivity contribution < 1.29 is 9.90 Å². The summed E-state index contributed by atoms with van der Waals surface area (Å²) in [6.45, 7) is 4.74. The topological polar surface area (TPSA) is 75.3 Å². The molecule has 0 saturated heterocycles. The molecule has 0 heterocycles. The minimum Gasteiger partial charge on any atom is -0.478 e. The van der Waals surface area contributed by atoms with Gasteiger partial charge in [-0.25, -0.2) is 4.79 Å². The highest BCUT2D eigenvalue weighted by Gasteiger charge is 2.06. The van der Waals surface area contributed by atoms with E-state index < -0.39 is 5.97 Å². The quantitative estimate of drug-likeness (QED) is 0.655. The first-order chi connectivity index (χ1) is 7.00. The lowest BCUT2D eigenvalue weighted by molar-refractivity contribution is 0.0697. The summed E-state index contributed by atoms with van der Waals surface area (Å²) in [5.74, 6) is -0.954. The van der Waals surface area contributed by atoms with Crippen molar-refractivity contribution >= 4 is 11.7 Å². The fourth-order valence-electron chi connectivity index (χ4n) is 1.20. The van der Waals surface area contributed by atoms with Crippen LogP contribution in [0.15, 0.2) is 18.2 Å². The Morgan fingerprint density at radius 1 is 1.53 bits per heavy atom. The highest BCUT2D eigenvalue weighted by molar-refractivity contribution is 5.88. The van der Waals surface area contributed by atoms with Crippen molar-refractivity contribution in [3.8, 4) is 0 Å². The maximum atomic E-state index is 10.7. The van der Waals surface area contributed by atoms with Gasteiger partial charge in [0.1, 0.15) is 0 Å². The third-order valence-corrected chi connectivity index (χ3v) is 2.09. The normalized spacial score (nSPS) is 10.6. The third-order valence-electron chi connectivity index (χ3n) is 2.09. The van der Waals surface area contributed by atoms with Crippen molar-refractivity contribution in [3.63, 3.8) is 0 Å². The van der Waals surface area contributed by atoms with E-state index in [0.29, 0.717) is 18.3 Å². The van der Waals surface area contributed by atoms with Crippen LogP contribution < -0.4 is 11.1 Å². The minimum atomic E-state index is -0.954. The lowest BCUT2D eigenvalue weighted by Gasteiger charge is -2.10. The molecule has 1 aromatic carbocycles. The Morgan fingerprint density at radius 2 is 2.20 bits per heavy atom. The number of nitrogens with one attached hydrogen (secondary N) is 1. The van der Waals surface area contributed by atoms with Crippen LogP contribution in [0, 0.1) is 0 Å². The van der Waals surface area contributed by atoms with Crippen LogP contribution in [0.4, 0.5) is 5.69 Å². The van der Waals surface area contributed by atoms with E-state index in [4.69, 9.17) is 10.8 Å². The molecule has 0 amide bonds. The number of benzene rings is 1. The second-order valence-corrected chi connectivity index (χ2v) is 3.75. The molecule has 0 bridgehead atoms. The number of nitrogens with two attached hydrogens (primary N) is 1. The van der Waals surface area contributed by atoms with Crippen LogP contribution in [0.1, 0.15) is 29.8 Å². The Hall–Kier alpha value is -1.55. The minimum absolute atomic E-state index is 0.223. The monoisotopic (exact) mass is 208 g/mol. The fraction of sp³-hybridized carbons (Fsp3) is 0.364. The molecule has 4 N–H and O–H groups in total. The van der Waals surface area contributed by atoms with Gasteiger partial charge in [0, 0.05) is 18.3 Å². The van der Waals surface area contributed by atoms with Gasteiger partial charge in [-0.15, -0.1) is 0 Å². The van der Waals surface area contributed by atoms with Crippen LogP contribution in [0.2, 0.25) is 0 Å². The molecule has 4 nitrogen and oxygen atoms in total. The smallest absolute Gasteiger partial charge is 0.335 e. The molecule has 0 aromatic heterocycles. The van der Waals surface area contributed by atoms with Gasteiger partial charge in [0.15, 0.2) is 0 Å². The van der Waals surface area contributed by atoms with Crippen LogP contribution in [0.5, 0.6) is 0 Å². The van der Waals surface area contributed by atoms with Gasteiger partial charge in [-0.05, 0) is 17.7 Å². The maximum absolute atomic E-state index is 10.7. The summed E-state index contributed by atoms with van der Waals surface area (Å²) in [5.41, 5.74) is 7.41. The first-order valence-electron chi connectivity index (χ1n) is 4.85.